The Kier molecular flexibility index (Phi) is 4.15. The SMILES string of the molecule is CC(C)(C)c1ccc(Nc2cc(Br)ccc2C#N)cc1. The average Bonchev–Trinajstić information content (AvgIpc) is 2.38. The van der Waals surface area contributed by atoms with Crippen molar-refractivity contribution in [3.05, 3.63) is 58.1 Å². The molecule has 0 aliphatic carbocycles. The molecule has 0 aromatic heterocycles. The number of nitrogens with one attached hydrogen (secondary N) is 1. The number of rotatable bonds is 2. The largest absolute Gasteiger partial charge is 0.354 e. The summed E-state index contributed by atoms with van der Waals surface area (Å²) in [7, 11) is 0. The van der Waals surface area contributed by atoms with E-state index < -0.39 is 0 Å². The monoisotopic (exact) mass is 328 g/mol. The minimum absolute atomic E-state index is 0.145. The fraction of sp³-hybridized carbons (Fsp3) is 0.235. The Bertz CT molecular complexity index is 646. The van der Waals surface area contributed by atoms with Gasteiger partial charge in [-0.05, 0) is 41.3 Å². The Hall–Kier alpha value is -1.79. The van der Waals surface area contributed by atoms with E-state index in [9.17, 15) is 0 Å². The van der Waals surface area contributed by atoms with Crippen LogP contribution in [-0.4, -0.2) is 0 Å². The van der Waals surface area contributed by atoms with E-state index in [1.807, 2.05) is 24.3 Å². The predicted molar refractivity (Wildman–Crippen MR) is 87.3 cm³/mol. The number of anilines is 2. The zero-order chi connectivity index (χ0) is 14.8. The number of hydrogen-bond acceptors (Lipinski definition) is 2. The first-order valence-corrected chi connectivity index (χ1v) is 7.26. The summed E-state index contributed by atoms with van der Waals surface area (Å²) in [6.07, 6.45) is 0. The van der Waals surface area contributed by atoms with Gasteiger partial charge < -0.3 is 5.32 Å². The zero-order valence-corrected chi connectivity index (χ0v) is 13.5. The van der Waals surface area contributed by atoms with Crippen LogP contribution >= 0.6 is 15.9 Å². The van der Waals surface area contributed by atoms with Gasteiger partial charge in [0.25, 0.3) is 0 Å². The van der Waals surface area contributed by atoms with E-state index >= 15 is 0 Å². The molecule has 3 heteroatoms. The predicted octanol–water partition coefficient (Wildman–Crippen LogP) is 5.36. The molecule has 2 aromatic rings. The van der Waals surface area contributed by atoms with Crippen LogP contribution in [-0.2, 0) is 5.41 Å². The molecule has 20 heavy (non-hydrogen) atoms. The second-order valence-corrected chi connectivity index (χ2v) is 6.67. The maximum atomic E-state index is 9.13. The number of halogens is 1. The summed E-state index contributed by atoms with van der Waals surface area (Å²) in [6.45, 7) is 6.58. The first kappa shape index (κ1) is 14.6. The lowest BCUT2D eigenvalue weighted by Crippen LogP contribution is -2.10. The Morgan fingerprint density at radius 1 is 1.05 bits per heavy atom. The molecule has 0 unspecified atom stereocenters. The summed E-state index contributed by atoms with van der Waals surface area (Å²) >= 11 is 3.43. The van der Waals surface area contributed by atoms with Crippen LogP contribution in [0.2, 0.25) is 0 Å². The lowest BCUT2D eigenvalue weighted by Gasteiger charge is -2.19. The molecule has 0 bridgehead atoms. The third-order valence-electron chi connectivity index (χ3n) is 3.13. The summed E-state index contributed by atoms with van der Waals surface area (Å²) in [4.78, 5) is 0. The van der Waals surface area contributed by atoms with Crippen LogP contribution in [0.4, 0.5) is 11.4 Å². The van der Waals surface area contributed by atoms with Gasteiger partial charge in [0.05, 0.1) is 11.3 Å². The molecule has 0 atom stereocenters. The Morgan fingerprint density at radius 2 is 1.70 bits per heavy atom. The van der Waals surface area contributed by atoms with Crippen LogP contribution < -0.4 is 5.32 Å². The highest BCUT2D eigenvalue weighted by molar-refractivity contribution is 9.10. The van der Waals surface area contributed by atoms with Crippen molar-refractivity contribution < 1.29 is 0 Å². The Balaban J connectivity index is 2.27. The molecule has 2 rings (SSSR count). The van der Waals surface area contributed by atoms with Crippen LogP contribution in [0.5, 0.6) is 0 Å². The van der Waals surface area contributed by atoms with Crippen LogP contribution in [0.25, 0.3) is 0 Å². The van der Waals surface area contributed by atoms with Gasteiger partial charge in [0.1, 0.15) is 6.07 Å². The second-order valence-electron chi connectivity index (χ2n) is 5.75. The number of nitrogens with zero attached hydrogens (tertiary/aromatic N) is 1. The summed E-state index contributed by atoms with van der Waals surface area (Å²) in [5.74, 6) is 0. The molecule has 1 N–H and O–H groups in total. The van der Waals surface area contributed by atoms with Crippen LogP contribution in [0.3, 0.4) is 0 Å². The molecule has 0 radical (unpaired) electrons. The molecule has 0 amide bonds. The van der Waals surface area contributed by atoms with Gasteiger partial charge in [-0.3, -0.25) is 0 Å². The molecular formula is C17H17BrN2. The standard InChI is InChI=1S/C17H17BrN2/c1-17(2,3)13-5-8-15(9-6-13)20-16-10-14(18)7-4-12(16)11-19/h4-10,20H,1-3H3. The van der Waals surface area contributed by atoms with Crippen LogP contribution in [0, 0.1) is 11.3 Å². The highest BCUT2D eigenvalue weighted by Gasteiger charge is 2.13. The van der Waals surface area contributed by atoms with E-state index in [1.165, 1.54) is 5.56 Å². The highest BCUT2D eigenvalue weighted by atomic mass is 79.9. The molecule has 102 valence electrons. The van der Waals surface area contributed by atoms with Gasteiger partial charge in [-0.1, -0.05) is 48.8 Å². The third kappa shape index (κ3) is 3.40. The van der Waals surface area contributed by atoms with Gasteiger partial charge in [-0.15, -0.1) is 0 Å². The van der Waals surface area contributed by atoms with Crippen molar-refractivity contribution in [3.63, 3.8) is 0 Å². The van der Waals surface area contributed by atoms with E-state index in [2.05, 4.69) is 60.2 Å². The van der Waals surface area contributed by atoms with Gasteiger partial charge >= 0.3 is 0 Å². The molecule has 0 aliphatic rings. The fourth-order valence-corrected chi connectivity index (χ4v) is 2.29. The highest BCUT2D eigenvalue weighted by Crippen LogP contribution is 2.27. The lowest BCUT2D eigenvalue weighted by molar-refractivity contribution is 0.590. The topological polar surface area (TPSA) is 35.8 Å². The second kappa shape index (κ2) is 5.68. The van der Waals surface area contributed by atoms with Gasteiger partial charge in [0.2, 0.25) is 0 Å². The van der Waals surface area contributed by atoms with Crippen molar-refractivity contribution in [3.8, 4) is 6.07 Å². The average molecular weight is 329 g/mol. The molecule has 0 fully saturated rings. The van der Waals surface area contributed by atoms with Crippen LogP contribution in [0.1, 0.15) is 31.9 Å². The molecule has 0 spiro atoms. The first-order valence-electron chi connectivity index (χ1n) is 6.47. The van der Waals surface area contributed by atoms with Crippen molar-refractivity contribution in [2.45, 2.75) is 26.2 Å². The lowest BCUT2D eigenvalue weighted by atomic mass is 9.87. The van der Waals surface area contributed by atoms with Crippen molar-refractivity contribution in [2.24, 2.45) is 0 Å². The summed E-state index contributed by atoms with van der Waals surface area (Å²) in [6, 6.07) is 16.1. The minimum Gasteiger partial charge on any atom is -0.354 e. The van der Waals surface area contributed by atoms with E-state index in [4.69, 9.17) is 5.26 Å². The zero-order valence-electron chi connectivity index (χ0n) is 11.9. The van der Waals surface area contributed by atoms with Crippen molar-refractivity contribution >= 4 is 27.3 Å². The van der Waals surface area contributed by atoms with E-state index in [-0.39, 0.29) is 5.41 Å². The summed E-state index contributed by atoms with van der Waals surface area (Å²) in [5, 5.41) is 12.4. The normalized spacial score (nSPS) is 10.9. The molecule has 0 aliphatic heterocycles. The van der Waals surface area contributed by atoms with Crippen molar-refractivity contribution in [1.82, 2.24) is 0 Å². The van der Waals surface area contributed by atoms with Crippen LogP contribution in [0.15, 0.2) is 46.9 Å². The quantitative estimate of drug-likeness (QED) is 0.805. The van der Waals surface area contributed by atoms with Gasteiger partial charge in [0.15, 0.2) is 0 Å². The smallest absolute Gasteiger partial charge is 0.101 e. The number of nitriles is 1. The van der Waals surface area contributed by atoms with Crippen molar-refractivity contribution in [1.29, 1.82) is 5.26 Å². The van der Waals surface area contributed by atoms with Crippen molar-refractivity contribution in [2.75, 3.05) is 5.32 Å². The first-order chi connectivity index (χ1) is 9.40. The molecule has 2 aromatic carbocycles. The molecule has 0 saturated carbocycles. The van der Waals surface area contributed by atoms with Gasteiger partial charge in [-0.25, -0.2) is 0 Å². The number of benzene rings is 2. The Labute approximate surface area is 128 Å². The maximum absolute atomic E-state index is 9.13. The van der Waals surface area contributed by atoms with E-state index in [0.717, 1.165) is 15.8 Å². The minimum atomic E-state index is 0.145. The molecule has 2 nitrogen and oxygen atoms in total. The van der Waals surface area contributed by atoms with E-state index in [1.54, 1.807) is 6.07 Å². The third-order valence-corrected chi connectivity index (χ3v) is 3.63. The van der Waals surface area contributed by atoms with Gasteiger partial charge in [0, 0.05) is 10.2 Å². The molecular weight excluding hydrogens is 312 g/mol. The molecule has 0 heterocycles. The summed E-state index contributed by atoms with van der Waals surface area (Å²) < 4.78 is 0.949. The fourth-order valence-electron chi connectivity index (χ4n) is 1.93. The Morgan fingerprint density at radius 3 is 2.25 bits per heavy atom. The number of hydrogen-bond donors (Lipinski definition) is 1. The maximum Gasteiger partial charge on any atom is 0.101 e. The van der Waals surface area contributed by atoms with Gasteiger partial charge in [-0.2, -0.15) is 5.26 Å². The molecule has 0 saturated heterocycles. The summed E-state index contributed by atoms with van der Waals surface area (Å²) in [5.41, 5.74) is 3.86. The van der Waals surface area contributed by atoms with E-state index in [0.29, 0.717) is 5.56 Å².